The van der Waals surface area contributed by atoms with E-state index in [2.05, 4.69) is 12.1 Å². The molecule has 0 aromatic carbocycles. The van der Waals surface area contributed by atoms with Gasteiger partial charge in [0.1, 0.15) is 0 Å². The third-order valence-corrected chi connectivity index (χ3v) is 5.17. The molecule has 6 heteroatoms. The second-order valence-corrected chi connectivity index (χ2v) is 7.72. The van der Waals surface area contributed by atoms with Gasteiger partial charge >= 0.3 is 5.97 Å². The monoisotopic (exact) mass is 381 g/mol. The van der Waals surface area contributed by atoms with Gasteiger partial charge in [-0.05, 0) is 32.6 Å². The van der Waals surface area contributed by atoms with Crippen LogP contribution in [0.2, 0.25) is 0 Å². The van der Waals surface area contributed by atoms with E-state index in [-0.39, 0.29) is 18.3 Å². The summed E-state index contributed by atoms with van der Waals surface area (Å²) >= 11 is 0. The Morgan fingerprint density at radius 2 is 2.04 bits per heavy atom. The number of carboxylic acids is 1. The summed E-state index contributed by atoms with van der Waals surface area (Å²) in [6, 6.07) is 0. The first-order valence-electron chi connectivity index (χ1n) is 9.98. The molecule has 4 N–H and O–H groups in total. The molecule has 1 aliphatic rings. The van der Waals surface area contributed by atoms with Gasteiger partial charge in [0.05, 0.1) is 17.4 Å². The Kier molecular flexibility index (Phi) is 10.3. The quantitative estimate of drug-likeness (QED) is 0.177. The van der Waals surface area contributed by atoms with E-state index < -0.39 is 17.7 Å². The summed E-state index contributed by atoms with van der Waals surface area (Å²) < 4.78 is 0. The first kappa shape index (κ1) is 23.4. The van der Waals surface area contributed by atoms with E-state index in [9.17, 15) is 20.2 Å². The minimum atomic E-state index is -0.916. The fraction of sp³-hybridized carbons (Fsp3) is 0.714. The van der Waals surface area contributed by atoms with Crippen LogP contribution in [0, 0.1) is 11.8 Å². The summed E-state index contributed by atoms with van der Waals surface area (Å²) in [4.78, 5) is 10.5. The smallest absolute Gasteiger partial charge is 0.303 e. The third-order valence-electron chi connectivity index (χ3n) is 5.17. The van der Waals surface area contributed by atoms with Crippen LogP contribution in [-0.4, -0.2) is 43.9 Å². The number of rotatable bonds is 12. The van der Waals surface area contributed by atoms with Crippen molar-refractivity contribution in [3.63, 3.8) is 0 Å². The summed E-state index contributed by atoms with van der Waals surface area (Å²) in [6.45, 7) is 3.89. The molecule has 0 saturated heterocycles. The van der Waals surface area contributed by atoms with E-state index in [1.165, 1.54) is 0 Å². The maximum absolute atomic E-state index is 10.5. The predicted octanol–water partition coefficient (Wildman–Crippen LogP) is 3.90. The fourth-order valence-corrected chi connectivity index (χ4v) is 3.52. The lowest BCUT2D eigenvalue weighted by Crippen LogP contribution is -2.23. The Bertz CT molecular complexity index is 539. The summed E-state index contributed by atoms with van der Waals surface area (Å²) in [6.07, 6.45) is 13.1. The van der Waals surface area contributed by atoms with Crippen molar-refractivity contribution in [2.45, 2.75) is 83.3 Å². The zero-order chi connectivity index (χ0) is 20.3. The number of allylic oxidation sites excluding steroid dienone is 3. The van der Waals surface area contributed by atoms with Gasteiger partial charge in [-0.15, -0.1) is 0 Å². The molecule has 1 rings (SSSR count). The van der Waals surface area contributed by atoms with Crippen LogP contribution in [0.4, 0.5) is 0 Å². The SMILES string of the molecule is CCCCC[C@@](C)(O)/C=C/[C@H]1/C(=N\O)C[C@H](O)[C@@H]1C/C=C\CCCC(=O)O. The molecule has 6 nitrogen and oxygen atoms in total. The lowest BCUT2D eigenvalue weighted by atomic mass is 9.88. The van der Waals surface area contributed by atoms with Gasteiger partial charge in [0.15, 0.2) is 0 Å². The standard InChI is InChI=1S/C21H35NO5/c1-3-4-9-13-21(2,26)14-12-16-17(19(23)15-18(16)22-27)10-7-5-6-8-11-20(24)25/h5,7,12,14,16-17,19,23,26-27H,3-4,6,8-11,13,15H2,1-2H3,(H,24,25)/b7-5-,14-12+,22-18-/t16-,17-,19+,21-/m1/s1. The van der Waals surface area contributed by atoms with Gasteiger partial charge in [0, 0.05) is 24.7 Å². The van der Waals surface area contributed by atoms with Crippen molar-refractivity contribution in [2.24, 2.45) is 17.0 Å². The summed E-state index contributed by atoms with van der Waals surface area (Å²) in [7, 11) is 0. The lowest BCUT2D eigenvalue weighted by molar-refractivity contribution is -0.137. The minimum absolute atomic E-state index is 0.116. The number of aliphatic hydroxyl groups excluding tert-OH is 1. The third kappa shape index (κ3) is 8.71. The van der Waals surface area contributed by atoms with Crippen LogP contribution in [-0.2, 0) is 4.79 Å². The van der Waals surface area contributed by atoms with Crippen LogP contribution in [0.3, 0.4) is 0 Å². The van der Waals surface area contributed by atoms with Gasteiger partial charge in [-0.3, -0.25) is 4.79 Å². The van der Waals surface area contributed by atoms with Crippen molar-refractivity contribution < 1.29 is 25.3 Å². The molecule has 0 spiro atoms. The highest BCUT2D eigenvalue weighted by atomic mass is 16.4. The second kappa shape index (κ2) is 11.9. The Balaban J connectivity index is 2.67. The molecule has 0 aliphatic heterocycles. The maximum Gasteiger partial charge on any atom is 0.303 e. The minimum Gasteiger partial charge on any atom is -0.481 e. The molecular weight excluding hydrogens is 346 g/mol. The average Bonchev–Trinajstić information content (AvgIpc) is 2.91. The van der Waals surface area contributed by atoms with E-state index in [4.69, 9.17) is 5.11 Å². The highest BCUT2D eigenvalue weighted by molar-refractivity contribution is 5.90. The number of carbonyl (C=O) groups is 1. The molecule has 0 radical (unpaired) electrons. The van der Waals surface area contributed by atoms with Gasteiger partial charge in [-0.1, -0.05) is 55.6 Å². The molecule has 1 saturated carbocycles. The van der Waals surface area contributed by atoms with Gasteiger partial charge < -0.3 is 20.5 Å². The number of carboxylic acid groups (broad SMARTS) is 1. The summed E-state index contributed by atoms with van der Waals surface area (Å²) in [5.41, 5.74) is -0.382. The van der Waals surface area contributed by atoms with E-state index in [1.807, 2.05) is 18.2 Å². The van der Waals surface area contributed by atoms with Crippen molar-refractivity contribution >= 4 is 11.7 Å². The Hall–Kier alpha value is -1.66. The highest BCUT2D eigenvalue weighted by Crippen LogP contribution is 2.35. The van der Waals surface area contributed by atoms with Gasteiger partial charge in [0.2, 0.25) is 0 Å². The molecule has 0 amide bonds. The number of oxime groups is 1. The number of hydrogen-bond acceptors (Lipinski definition) is 5. The summed E-state index contributed by atoms with van der Waals surface area (Å²) in [5.74, 6) is -1.13. The average molecular weight is 382 g/mol. The Labute approximate surface area is 162 Å². The van der Waals surface area contributed by atoms with Gasteiger partial charge in [0.25, 0.3) is 0 Å². The van der Waals surface area contributed by atoms with Crippen molar-refractivity contribution in [1.82, 2.24) is 0 Å². The first-order valence-corrected chi connectivity index (χ1v) is 9.98. The van der Waals surface area contributed by atoms with Crippen LogP contribution < -0.4 is 0 Å². The molecule has 154 valence electrons. The summed E-state index contributed by atoms with van der Waals surface area (Å²) in [5, 5.41) is 42.1. The van der Waals surface area contributed by atoms with Crippen molar-refractivity contribution in [3.05, 3.63) is 24.3 Å². The number of nitrogens with zero attached hydrogens (tertiary/aromatic N) is 1. The van der Waals surface area contributed by atoms with Crippen molar-refractivity contribution in [2.75, 3.05) is 0 Å². The van der Waals surface area contributed by atoms with Crippen LogP contribution >= 0.6 is 0 Å². The Morgan fingerprint density at radius 3 is 2.67 bits per heavy atom. The molecule has 1 aliphatic carbocycles. The first-order chi connectivity index (χ1) is 12.8. The number of hydrogen-bond donors (Lipinski definition) is 4. The molecular formula is C21H35NO5. The Morgan fingerprint density at radius 1 is 1.30 bits per heavy atom. The molecule has 0 aromatic rings. The van der Waals surface area contributed by atoms with Crippen LogP contribution in [0.5, 0.6) is 0 Å². The number of aliphatic hydroxyl groups is 2. The largest absolute Gasteiger partial charge is 0.481 e. The molecule has 0 heterocycles. The van der Waals surface area contributed by atoms with Crippen molar-refractivity contribution in [3.8, 4) is 0 Å². The molecule has 4 atom stereocenters. The van der Waals surface area contributed by atoms with Gasteiger partial charge in [-0.2, -0.15) is 0 Å². The molecule has 1 fully saturated rings. The maximum atomic E-state index is 10.5. The fourth-order valence-electron chi connectivity index (χ4n) is 3.52. The van der Waals surface area contributed by atoms with E-state index in [1.54, 1.807) is 13.0 Å². The van der Waals surface area contributed by atoms with E-state index >= 15 is 0 Å². The highest BCUT2D eigenvalue weighted by Gasteiger charge is 2.38. The van der Waals surface area contributed by atoms with E-state index in [0.717, 1.165) is 19.3 Å². The number of unbranched alkanes of at least 4 members (excludes halogenated alkanes) is 3. The zero-order valence-electron chi connectivity index (χ0n) is 16.5. The predicted molar refractivity (Wildman–Crippen MR) is 106 cm³/mol. The van der Waals surface area contributed by atoms with Crippen LogP contribution in [0.25, 0.3) is 0 Å². The van der Waals surface area contributed by atoms with Crippen LogP contribution in [0.15, 0.2) is 29.5 Å². The zero-order valence-corrected chi connectivity index (χ0v) is 16.5. The van der Waals surface area contributed by atoms with Gasteiger partial charge in [-0.25, -0.2) is 0 Å². The lowest BCUT2D eigenvalue weighted by Gasteiger charge is -2.22. The number of aliphatic carboxylic acids is 1. The van der Waals surface area contributed by atoms with Crippen molar-refractivity contribution in [1.29, 1.82) is 0 Å². The second-order valence-electron chi connectivity index (χ2n) is 7.72. The van der Waals surface area contributed by atoms with E-state index in [0.29, 0.717) is 37.8 Å². The normalized spacial score (nSPS) is 27.0. The molecule has 0 bridgehead atoms. The molecule has 0 unspecified atom stereocenters. The molecule has 0 aromatic heterocycles. The topological polar surface area (TPSA) is 110 Å². The molecule has 27 heavy (non-hydrogen) atoms. The van der Waals surface area contributed by atoms with Crippen LogP contribution in [0.1, 0.15) is 71.6 Å².